The Balaban J connectivity index is 2.43. The molecule has 3 rings (SSSR count). The summed E-state index contributed by atoms with van der Waals surface area (Å²) < 4.78 is 2.32. The molecule has 0 aliphatic rings. The summed E-state index contributed by atoms with van der Waals surface area (Å²) in [5, 5.41) is 18.7. The predicted octanol–water partition coefficient (Wildman–Crippen LogP) is 2.85. The van der Waals surface area contributed by atoms with Crippen LogP contribution < -0.4 is 14.8 Å². The maximum atomic E-state index is 13.2. The molecule has 132 valence electrons. The third-order valence-corrected chi connectivity index (χ3v) is 5.33. The highest BCUT2D eigenvalue weighted by atomic mass is 32.1. The normalized spacial score (nSPS) is 11.1. The van der Waals surface area contributed by atoms with Crippen molar-refractivity contribution in [2.45, 2.75) is 20.8 Å². The first-order valence-corrected chi connectivity index (χ1v) is 9.18. The number of hydrogen-bond acceptors (Lipinski definition) is 4. The van der Waals surface area contributed by atoms with Gasteiger partial charge in [-0.2, -0.15) is 10.5 Å². The Bertz CT molecular complexity index is 1260. The van der Waals surface area contributed by atoms with Crippen LogP contribution in [0.15, 0.2) is 47.3 Å². The summed E-state index contributed by atoms with van der Waals surface area (Å²) in [6.07, 6.45) is 1.80. The van der Waals surface area contributed by atoms with Crippen molar-refractivity contribution in [2.24, 2.45) is 0 Å². The molecule has 0 N–H and O–H groups in total. The second-order valence-corrected chi connectivity index (χ2v) is 7.39. The minimum atomic E-state index is -0.229. The Kier molecular flexibility index (Phi) is 5.07. The lowest BCUT2D eigenvalue weighted by molar-refractivity contribution is 0.972. The summed E-state index contributed by atoms with van der Waals surface area (Å²) in [6.45, 7) is 5.85. The van der Waals surface area contributed by atoms with Crippen LogP contribution in [0.4, 0.5) is 0 Å². The van der Waals surface area contributed by atoms with Gasteiger partial charge < -0.3 is 0 Å². The zero-order valence-electron chi connectivity index (χ0n) is 15.3. The van der Waals surface area contributed by atoms with Crippen molar-refractivity contribution in [3.63, 3.8) is 0 Å². The number of thiazole rings is 1. The van der Waals surface area contributed by atoms with E-state index in [0.29, 0.717) is 14.9 Å². The van der Waals surface area contributed by atoms with Crippen LogP contribution in [-0.2, 0) is 0 Å². The Morgan fingerprint density at radius 3 is 2.26 bits per heavy atom. The Hall–Kier alpha value is -3.41. The zero-order valence-corrected chi connectivity index (χ0v) is 16.1. The molecule has 4 nitrogen and oxygen atoms in total. The van der Waals surface area contributed by atoms with Gasteiger partial charge in [-0.3, -0.25) is 9.36 Å². The lowest BCUT2D eigenvalue weighted by Gasteiger charge is -2.07. The molecule has 0 radical (unpaired) electrons. The van der Waals surface area contributed by atoms with Crippen LogP contribution in [-0.4, -0.2) is 4.57 Å². The van der Waals surface area contributed by atoms with E-state index in [-0.39, 0.29) is 11.1 Å². The highest BCUT2D eigenvalue weighted by Gasteiger charge is 2.13. The summed E-state index contributed by atoms with van der Waals surface area (Å²) in [7, 11) is 0. The van der Waals surface area contributed by atoms with E-state index >= 15 is 0 Å². The van der Waals surface area contributed by atoms with E-state index in [4.69, 9.17) is 0 Å². The van der Waals surface area contributed by atoms with Gasteiger partial charge in [0, 0.05) is 0 Å². The SMILES string of the molecule is Cc1ccc(/C=c2\sc(=C(C#N)C#N)n(-c3cc(C)ccc3C)c2=O)cc1. The highest BCUT2D eigenvalue weighted by Crippen LogP contribution is 2.13. The summed E-state index contributed by atoms with van der Waals surface area (Å²) in [6, 6.07) is 17.5. The molecule has 0 unspecified atom stereocenters. The summed E-state index contributed by atoms with van der Waals surface area (Å²) >= 11 is 1.16. The molecule has 0 amide bonds. The van der Waals surface area contributed by atoms with Gasteiger partial charge in [0.2, 0.25) is 0 Å². The number of nitrogens with zero attached hydrogens (tertiary/aromatic N) is 3. The minimum absolute atomic E-state index is 0.0680. The van der Waals surface area contributed by atoms with E-state index in [0.717, 1.165) is 33.6 Å². The first-order valence-electron chi connectivity index (χ1n) is 8.37. The summed E-state index contributed by atoms with van der Waals surface area (Å²) in [4.78, 5) is 13.2. The van der Waals surface area contributed by atoms with Gasteiger partial charge in [0.15, 0.2) is 5.57 Å². The van der Waals surface area contributed by atoms with Gasteiger partial charge in [0.1, 0.15) is 16.8 Å². The van der Waals surface area contributed by atoms with Crippen LogP contribution in [0.2, 0.25) is 0 Å². The first kappa shape index (κ1) is 18.4. The number of aromatic nitrogens is 1. The molecule has 0 saturated heterocycles. The van der Waals surface area contributed by atoms with Crippen molar-refractivity contribution >= 4 is 23.0 Å². The number of aryl methyl sites for hydroxylation is 3. The number of rotatable bonds is 2. The number of nitriles is 2. The molecule has 0 aliphatic carbocycles. The largest absolute Gasteiger partial charge is 0.273 e. The van der Waals surface area contributed by atoms with Crippen LogP contribution in [0.1, 0.15) is 22.3 Å². The molecular formula is C22H17N3OS. The molecule has 0 saturated carbocycles. The Morgan fingerprint density at radius 1 is 1.00 bits per heavy atom. The third kappa shape index (κ3) is 3.60. The lowest BCUT2D eigenvalue weighted by atomic mass is 10.1. The van der Waals surface area contributed by atoms with Gasteiger partial charge in [-0.05, 0) is 49.6 Å². The average Bonchev–Trinajstić information content (AvgIpc) is 2.96. The smallest absolute Gasteiger partial charge is 0.267 e. The van der Waals surface area contributed by atoms with Gasteiger partial charge in [-0.25, -0.2) is 0 Å². The molecule has 0 atom stereocenters. The van der Waals surface area contributed by atoms with Gasteiger partial charge in [0.25, 0.3) is 5.56 Å². The zero-order chi connectivity index (χ0) is 19.6. The fourth-order valence-electron chi connectivity index (χ4n) is 2.76. The van der Waals surface area contributed by atoms with Crippen LogP contribution in [0.5, 0.6) is 0 Å². The molecule has 5 heteroatoms. The number of hydrogen-bond donors (Lipinski definition) is 0. The second kappa shape index (κ2) is 7.45. The maximum Gasteiger partial charge on any atom is 0.273 e. The third-order valence-electron chi connectivity index (χ3n) is 4.24. The van der Waals surface area contributed by atoms with Crippen LogP contribution >= 0.6 is 11.3 Å². The van der Waals surface area contributed by atoms with E-state index in [1.54, 1.807) is 6.08 Å². The van der Waals surface area contributed by atoms with Crippen molar-refractivity contribution < 1.29 is 0 Å². The van der Waals surface area contributed by atoms with Crippen molar-refractivity contribution in [2.75, 3.05) is 0 Å². The summed E-state index contributed by atoms with van der Waals surface area (Å²) in [5.41, 5.74) is 4.33. The Labute approximate surface area is 161 Å². The van der Waals surface area contributed by atoms with Crippen LogP contribution in [0.25, 0.3) is 17.3 Å². The van der Waals surface area contributed by atoms with Crippen molar-refractivity contribution in [1.82, 2.24) is 4.57 Å². The number of benzene rings is 2. The van der Waals surface area contributed by atoms with Crippen LogP contribution in [0, 0.1) is 43.4 Å². The molecule has 1 aromatic heterocycles. The Morgan fingerprint density at radius 2 is 1.63 bits per heavy atom. The average molecular weight is 371 g/mol. The van der Waals surface area contributed by atoms with E-state index in [1.807, 2.05) is 75.4 Å². The molecule has 0 spiro atoms. The predicted molar refractivity (Wildman–Crippen MR) is 108 cm³/mol. The summed E-state index contributed by atoms with van der Waals surface area (Å²) in [5.74, 6) is 0. The second-order valence-electron chi connectivity index (χ2n) is 6.36. The fourth-order valence-corrected chi connectivity index (χ4v) is 3.81. The van der Waals surface area contributed by atoms with Crippen LogP contribution in [0.3, 0.4) is 0 Å². The monoisotopic (exact) mass is 371 g/mol. The standard InChI is InChI=1S/C22H17N3OS/c1-14-5-8-17(9-6-14)11-20-21(26)25(22(27-20)18(12-23)13-24)19-10-15(2)4-7-16(19)3/h4-11H,1-3H3/b20-11-. The van der Waals surface area contributed by atoms with Gasteiger partial charge in [-0.1, -0.05) is 42.0 Å². The van der Waals surface area contributed by atoms with Gasteiger partial charge in [-0.15, -0.1) is 11.3 Å². The van der Waals surface area contributed by atoms with E-state index < -0.39 is 0 Å². The molecule has 1 heterocycles. The molecule has 0 aliphatic heterocycles. The molecule has 0 fully saturated rings. The lowest BCUT2D eigenvalue weighted by Crippen LogP contribution is -2.31. The molecule has 3 aromatic rings. The quantitative estimate of drug-likeness (QED) is 0.695. The maximum absolute atomic E-state index is 13.2. The molecule has 2 aromatic carbocycles. The van der Waals surface area contributed by atoms with Crippen molar-refractivity contribution in [1.29, 1.82) is 10.5 Å². The molecule has 0 bridgehead atoms. The molecular weight excluding hydrogens is 354 g/mol. The fraction of sp³-hybridized carbons (Fsp3) is 0.136. The first-order chi connectivity index (χ1) is 12.9. The van der Waals surface area contributed by atoms with Gasteiger partial charge in [0.05, 0.1) is 10.2 Å². The van der Waals surface area contributed by atoms with Crippen molar-refractivity contribution in [3.8, 4) is 17.8 Å². The highest BCUT2D eigenvalue weighted by molar-refractivity contribution is 7.07. The molecule has 27 heavy (non-hydrogen) atoms. The minimum Gasteiger partial charge on any atom is -0.267 e. The van der Waals surface area contributed by atoms with E-state index in [1.165, 1.54) is 4.57 Å². The van der Waals surface area contributed by atoms with E-state index in [9.17, 15) is 15.3 Å². The van der Waals surface area contributed by atoms with Crippen molar-refractivity contribution in [3.05, 3.63) is 84.3 Å². The van der Waals surface area contributed by atoms with Gasteiger partial charge >= 0.3 is 0 Å². The van der Waals surface area contributed by atoms with E-state index in [2.05, 4.69) is 0 Å². The topological polar surface area (TPSA) is 69.6 Å².